The minimum Gasteiger partial charge on any atom is -0.310 e. The molecular formula is C17H24N4. The fraction of sp³-hybridized carbons (Fsp3) is 0.529. The molecular weight excluding hydrogens is 260 g/mol. The summed E-state index contributed by atoms with van der Waals surface area (Å²) >= 11 is 0. The summed E-state index contributed by atoms with van der Waals surface area (Å²) in [7, 11) is 0. The van der Waals surface area contributed by atoms with Gasteiger partial charge in [-0.1, -0.05) is 13.8 Å². The van der Waals surface area contributed by atoms with Gasteiger partial charge < -0.3 is 5.32 Å². The van der Waals surface area contributed by atoms with Gasteiger partial charge in [0.2, 0.25) is 0 Å². The Balaban J connectivity index is 1.99. The van der Waals surface area contributed by atoms with E-state index in [0.29, 0.717) is 0 Å². The van der Waals surface area contributed by atoms with Crippen LogP contribution in [0.2, 0.25) is 0 Å². The van der Waals surface area contributed by atoms with Crippen LogP contribution in [0.3, 0.4) is 0 Å². The second-order valence-electron chi connectivity index (χ2n) is 5.84. The van der Waals surface area contributed by atoms with Crippen LogP contribution < -0.4 is 5.32 Å². The second kappa shape index (κ2) is 5.98. The first-order chi connectivity index (χ1) is 10.2. The maximum atomic E-state index is 4.82. The molecule has 0 aliphatic heterocycles. The van der Waals surface area contributed by atoms with E-state index >= 15 is 0 Å². The van der Waals surface area contributed by atoms with E-state index in [1.807, 2.05) is 16.9 Å². The van der Waals surface area contributed by atoms with Crippen molar-refractivity contribution in [2.45, 2.75) is 59.0 Å². The highest BCUT2D eigenvalue weighted by molar-refractivity contribution is 5.35. The summed E-state index contributed by atoms with van der Waals surface area (Å²) in [5.41, 5.74) is 5.07. The fourth-order valence-corrected chi connectivity index (χ4v) is 2.75. The average Bonchev–Trinajstić information content (AvgIpc) is 3.24. The molecule has 0 saturated heterocycles. The van der Waals surface area contributed by atoms with Gasteiger partial charge in [0.1, 0.15) is 0 Å². The van der Waals surface area contributed by atoms with Crippen molar-refractivity contribution in [3.8, 4) is 5.82 Å². The summed E-state index contributed by atoms with van der Waals surface area (Å²) in [6.45, 7) is 7.40. The number of hydrogen-bond donors (Lipinski definition) is 1. The van der Waals surface area contributed by atoms with Crippen LogP contribution in [0, 0.1) is 6.92 Å². The average molecular weight is 284 g/mol. The van der Waals surface area contributed by atoms with Crippen LogP contribution in [0.5, 0.6) is 0 Å². The predicted molar refractivity (Wildman–Crippen MR) is 84.7 cm³/mol. The van der Waals surface area contributed by atoms with Crippen LogP contribution in [0.4, 0.5) is 0 Å². The van der Waals surface area contributed by atoms with Gasteiger partial charge in [-0.05, 0) is 50.3 Å². The molecule has 1 aliphatic carbocycles. The van der Waals surface area contributed by atoms with E-state index in [9.17, 15) is 0 Å². The van der Waals surface area contributed by atoms with Gasteiger partial charge in [-0.3, -0.25) is 0 Å². The van der Waals surface area contributed by atoms with E-state index < -0.39 is 0 Å². The number of aryl methyl sites for hydroxylation is 2. The smallest absolute Gasteiger partial charge is 0.153 e. The Kier molecular flexibility index (Phi) is 4.06. The van der Waals surface area contributed by atoms with E-state index in [2.05, 4.69) is 37.1 Å². The number of rotatable bonds is 6. The first-order valence-electron chi connectivity index (χ1n) is 7.99. The van der Waals surface area contributed by atoms with Gasteiger partial charge in [0.15, 0.2) is 5.82 Å². The normalized spacial score (nSPS) is 14.6. The quantitative estimate of drug-likeness (QED) is 0.887. The van der Waals surface area contributed by atoms with E-state index in [0.717, 1.165) is 31.2 Å². The van der Waals surface area contributed by atoms with E-state index in [-0.39, 0.29) is 0 Å². The molecule has 0 atom stereocenters. The van der Waals surface area contributed by atoms with Crippen LogP contribution >= 0.6 is 0 Å². The maximum absolute atomic E-state index is 4.82. The summed E-state index contributed by atoms with van der Waals surface area (Å²) in [5.74, 6) is 0.930. The van der Waals surface area contributed by atoms with E-state index in [1.54, 1.807) is 0 Å². The molecule has 112 valence electrons. The molecule has 3 rings (SSSR count). The summed E-state index contributed by atoms with van der Waals surface area (Å²) in [6, 6.07) is 4.85. The third kappa shape index (κ3) is 3.00. The van der Waals surface area contributed by atoms with Crippen molar-refractivity contribution in [3.63, 3.8) is 0 Å². The standard InChI is InChI=1S/C17H24N4/c1-4-15-14(11-19-13-6-7-13)16(5-2)21(20-15)17-10-12(3)8-9-18-17/h8-10,13,19H,4-7,11H2,1-3H3. The van der Waals surface area contributed by atoms with Gasteiger partial charge in [0.25, 0.3) is 0 Å². The van der Waals surface area contributed by atoms with Crippen LogP contribution in [-0.2, 0) is 19.4 Å². The zero-order valence-corrected chi connectivity index (χ0v) is 13.2. The minimum absolute atomic E-state index is 0.722. The molecule has 1 fully saturated rings. The molecule has 0 radical (unpaired) electrons. The molecule has 1 N–H and O–H groups in total. The molecule has 21 heavy (non-hydrogen) atoms. The molecule has 1 aliphatic rings. The van der Waals surface area contributed by atoms with Crippen molar-refractivity contribution in [1.82, 2.24) is 20.1 Å². The van der Waals surface area contributed by atoms with E-state index in [1.165, 1.54) is 35.4 Å². The number of nitrogens with zero attached hydrogens (tertiary/aromatic N) is 3. The first-order valence-corrected chi connectivity index (χ1v) is 7.99. The lowest BCUT2D eigenvalue weighted by Gasteiger charge is -2.08. The zero-order chi connectivity index (χ0) is 14.8. The van der Waals surface area contributed by atoms with Crippen molar-refractivity contribution in [2.75, 3.05) is 0 Å². The van der Waals surface area contributed by atoms with E-state index in [4.69, 9.17) is 5.10 Å². The molecule has 2 aromatic heterocycles. The number of aromatic nitrogens is 3. The predicted octanol–water partition coefficient (Wildman–Crippen LogP) is 2.95. The zero-order valence-electron chi connectivity index (χ0n) is 13.2. The van der Waals surface area contributed by atoms with Crippen molar-refractivity contribution >= 4 is 0 Å². The fourth-order valence-electron chi connectivity index (χ4n) is 2.75. The first kappa shape index (κ1) is 14.3. The van der Waals surface area contributed by atoms with Crippen molar-refractivity contribution in [1.29, 1.82) is 0 Å². The highest BCUT2D eigenvalue weighted by atomic mass is 15.3. The largest absolute Gasteiger partial charge is 0.310 e. The number of pyridine rings is 1. The van der Waals surface area contributed by atoms with Crippen molar-refractivity contribution in [2.24, 2.45) is 0 Å². The molecule has 0 spiro atoms. The van der Waals surface area contributed by atoms with Gasteiger partial charge >= 0.3 is 0 Å². The summed E-state index contributed by atoms with van der Waals surface area (Å²) < 4.78 is 2.04. The molecule has 0 aromatic carbocycles. The van der Waals surface area contributed by atoms with Crippen LogP contribution in [0.25, 0.3) is 5.82 Å². The topological polar surface area (TPSA) is 42.7 Å². The lowest BCUT2D eigenvalue weighted by Crippen LogP contribution is -2.17. The third-order valence-corrected chi connectivity index (χ3v) is 4.11. The summed E-state index contributed by atoms with van der Waals surface area (Å²) in [6.07, 6.45) is 6.43. The Morgan fingerprint density at radius 2 is 2.10 bits per heavy atom. The second-order valence-corrected chi connectivity index (χ2v) is 5.84. The Labute approximate surface area is 126 Å². The van der Waals surface area contributed by atoms with Crippen molar-refractivity contribution in [3.05, 3.63) is 40.8 Å². The molecule has 4 nitrogen and oxygen atoms in total. The highest BCUT2D eigenvalue weighted by Gasteiger charge is 2.23. The van der Waals surface area contributed by atoms with Crippen LogP contribution in [0.15, 0.2) is 18.3 Å². The minimum atomic E-state index is 0.722. The monoisotopic (exact) mass is 284 g/mol. The van der Waals surface area contributed by atoms with Crippen LogP contribution in [-0.4, -0.2) is 20.8 Å². The van der Waals surface area contributed by atoms with Gasteiger partial charge in [-0.25, -0.2) is 9.67 Å². The van der Waals surface area contributed by atoms with Gasteiger partial charge in [0.05, 0.1) is 11.4 Å². The SMILES string of the molecule is CCc1nn(-c2cc(C)ccn2)c(CC)c1CNC1CC1. The third-order valence-electron chi connectivity index (χ3n) is 4.11. The Morgan fingerprint density at radius 1 is 1.29 bits per heavy atom. The number of hydrogen-bond acceptors (Lipinski definition) is 3. The molecule has 4 heteroatoms. The molecule has 0 amide bonds. The molecule has 2 aromatic rings. The summed E-state index contributed by atoms with van der Waals surface area (Å²) in [4.78, 5) is 4.49. The lowest BCUT2D eigenvalue weighted by atomic mass is 10.1. The van der Waals surface area contributed by atoms with Crippen LogP contribution in [0.1, 0.15) is 49.2 Å². The Bertz CT molecular complexity index is 626. The Hall–Kier alpha value is -1.68. The van der Waals surface area contributed by atoms with Gasteiger partial charge in [-0.15, -0.1) is 0 Å². The number of nitrogens with one attached hydrogen (secondary N) is 1. The molecule has 0 unspecified atom stereocenters. The lowest BCUT2D eigenvalue weighted by molar-refractivity contribution is 0.676. The maximum Gasteiger partial charge on any atom is 0.153 e. The van der Waals surface area contributed by atoms with Gasteiger partial charge in [-0.2, -0.15) is 5.10 Å². The molecule has 0 bridgehead atoms. The van der Waals surface area contributed by atoms with Gasteiger partial charge in [0, 0.05) is 24.3 Å². The Morgan fingerprint density at radius 3 is 2.71 bits per heavy atom. The van der Waals surface area contributed by atoms with Crippen molar-refractivity contribution < 1.29 is 0 Å². The highest BCUT2D eigenvalue weighted by Crippen LogP contribution is 2.23. The molecule has 1 saturated carbocycles. The molecule has 2 heterocycles. The summed E-state index contributed by atoms with van der Waals surface area (Å²) in [5, 5.41) is 8.45.